The highest BCUT2D eigenvalue weighted by molar-refractivity contribution is 7.88. The van der Waals surface area contributed by atoms with E-state index >= 15 is 0 Å². The molecule has 0 aliphatic carbocycles. The quantitative estimate of drug-likeness (QED) is 0.520. The average molecular weight is 212 g/mol. The molecule has 0 spiro atoms. The molecule has 1 heterocycles. The van der Waals surface area contributed by atoms with Crippen LogP contribution in [0.4, 0.5) is 0 Å². The van der Waals surface area contributed by atoms with Gasteiger partial charge in [0.2, 0.25) is 5.29 Å². The maximum atomic E-state index is 11.1. The minimum atomic E-state index is -3.74. The summed E-state index contributed by atoms with van der Waals surface area (Å²) in [6, 6.07) is -0.266. The molecule has 1 aliphatic rings. The van der Waals surface area contributed by atoms with Gasteiger partial charge < -0.3 is 4.74 Å². The van der Waals surface area contributed by atoms with E-state index in [-0.39, 0.29) is 11.3 Å². The molecule has 6 nitrogen and oxygen atoms in total. The van der Waals surface area contributed by atoms with Crippen molar-refractivity contribution in [3.8, 4) is 0 Å². The summed E-state index contributed by atoms with van der Waals surface area (Å²) in [5.74, 6) is 0. The molecule has 8 heteroatoms. The van der Waals surface area contributed by atoms with Crippen LogP contribution in [0.15, 0.2) is 9.39 Å². The van der Waals surface area contributed by atoms with E-state index in [0.717, 1.165) is 4.31 Å². The van der Waals surface area contributed by atoms with Gasteiger partial charge in [0, 0.05) is 7.05 Å². The van der Waals surface area contributed by atoms with E-state index < -0.39 is 10.2 Å². The maximum absolute atomic E-state index is 11.1. The number of methoxy groups -OCH3 is 1. The Balaban J connectivity index is 3.17. The standard InChI is InChI=1S/C4H6ClN3O3S/c1-8-3(5)6-4(11-2)7-12(8,9)10/h1-2H3. The Kier molecular flexibility index (Phi) is 2.25. The molecular weight excluding hydrogens is 206 g/mol. The summed E-state index contributed by atoms with van der Waals surface area (Å²) in [6.45, 7) is 0. The van der Waals surface area contributed by atoms with Gasteiger partial charge >= 0.3 is 16.2 Å². The largest absolute Gasteiger partial charge is 0.466 e. The highest BCUT2D eigenvalue weighted by Crippen LogP contribution is 2.11. The molecule has 68 valence electrons. The van der Waals surface area contributed by atoms with E-state index in [4.69, 9.17) is 11.6 Å². The number of nitrogens with zero attached hydrogens (tertiary/aromatic N) is 3. The van der Waals surface area contributed by atoms with Gasteiger partial charge in [-0.1, -0.05) is 4.40 Å². The number of rotatable bonds is 0. The van der Waals surface area contributed by atoms with Crippen molar-refractivity contribution in [1.82, 2.24) is 4.31 Å². The summed E-state index contributed by atoms with van der Waals surface area (Å²) in [5, 5.41) is -0.193. The zero-order valence-electron chi connectivity index (χ0n) is 6.35. The second kappa shape index (κ2) is 2.91. The smallest absolute Gasteiger partial charge is 0.350 e. The van der Waals surface area contributed by atoms with Gasteiger partial charge in [-0.05, 0) is 11.6 Å². The molecule has 0 aromatic rings. The molecule has 1 rings (SSSR count). The predicted octanol–water partition coefficient (Wildman–Crippen LogP) is -0.226. The first-order valence-electron chi connectivity index (χ1n) is 2.84. The van der Waals surface area contributed by atoms with Gasteiger partial charge in [0.25, 0.3) is 0 Å². The molecule has 0 saturated carbocycles. The summed E-state index contributed by atoms with van der Waals surface area (Å²) in [4.78, 5) is 3.53. The lowest BCUT2D eigenvalue weighted by Crippen LogP contribution is -2.33. The summed E-state index contributed by atoms with van der Waals surface area (Å²) in [6.07, 6.45) is 0. The number of ether oxygens (including phenoxy) is 1. The van der Waals surface area contributed by atoms with Crippen LogP contribution in [0.5, 0.6) is 0 Å². The highest BCUT2D eigenvalue weighted by Gasteiger charge is 2.25. The van der Waals surface area contributed by atoms with Crippen molar-refractivity contribution in [2.24, 2.45) is 9.39 Å². The highest BCUT2D eigenvalue weighted by atomic mass is 35.5. The SMILES string of the molecule is COC1=NS(=O)(=O)N(C)C(Cl)=N1. The van der Waals surface area contributed by atoms with Crippen LogP contribution in [0.2, 0.25) is 0 Å². The van der Waals surface area contributed by atoms with E-state index in [1.165, 1.54) is 14.2 Å². The first-order valence-corrected chi connectivity index (χ1v) is 4.62. The first kappa shape index (κ1) is 9.27. The van der Waals surface area contributed by atoms with Crippen LogP contribution < -0.4 is 0 Å². The fourth-order valence-corrected chi connectivity index (χ4v) is 1.51. The third kappa shape index (κ3) is 1.51. The third-order valence-corrected chi connectivity index (χ3v) is 2.86. The Morgan fingerprint density at radius 2 is 2.17 bits per heavy atom. The van der Waals surface area contributed by atoms with Crippen LogP contribution in [-0.2, 0) is 14.9 Å². The van der Waals surface area contributed by atoms with E-state index in [1.807, 2.05) is 0 Å². The van der Waals surface area contributed by atoms with Crippen LogP contribution >= 0.6 is 11.6 Å². The molecule has 0 atom stereocenters. The van der Waals surface area contributed by atoms with Gasteiger partial charge in [-0.25, -0.2) is 4.31 Å². The topological polar surface area (TPSA) is 71.3 Å². The van der Waals surface area contributed by atoms with Gasteiger partial charge in [0.15, 0.2) is 0 Å². The molecular formula is C4H6ClN3O3S. The molecule has 0 fully saturated rings. The van der Waals surface area contributed by atoms with Crippen molar-refractivity contribution in [2.75, 3.05) is 14.2 Å². The average Bonchev–Trinajstić information content (AvgIpc) is 1.99. The zero-order chi connectivity index (χ0) is 9.35. The van der Waals surface area contributed by atoms with E-state index in [0.29, 0.717) is 0 Å². The Morgan fingerprint density at radius 1 is 1.58 bits per heavy atom. The third-order valence-electron chi connectivity index (χ3n) is 1.17. The molecule has 0 aromatic carbocycles. The van der Waals surface area contributed by atoms with Crippen molar-refractivity contribution in [3.63, 3.8) is 0 Å². The van der Waals surface area contributed by atoms with Crippen molar-refractivity contribution >= 4 is 33.1 Å². The van der Waals surface area contributed by atoms with E-state index in [9.17, 15) is 8.42 Å². The van der Waals surface area contributed by atoms with Gasteiger partial charge in [0.1, 0.15) is 0 Å². The summed E-state index contributed by atoms with van der Waals surface area (Å²) >= 11 is 5.46. The molecule has 0 bridgehead atoms. The molecule has 1 aliphatic heterocycles. The van der Waals surface area contributed by atoms with Crippen molar-refractivity contribution < 1.29 is 13.2 Å². The molecule has 0 unspecified atom stereocenters. The normalized spacial score (nSPS) is 21.4. The lowest BCUT2D eigenvalue weighted by atomic mass is 11.0. The van der Waals surface area contributed by atoms with Crippen LogP contribution in [0, 0.1) is 0 Å². The lowest BCUT2D eigenvalue weighted by molar-refractivity contribution is 0.395. The Hall–Kier alpha value is -0.820. The number of hydrogen-bond acceptors (Lipinski definition) is 4. The van der Waals surface area contributed by atoms with E-state index in [1.54, 1.807) is 0 Å². The minimum absolute atomic E-state index is 0.193. The summed E-state index contributed by atoms with van der Waals surface area (Å²) in [5.41, 5.74) is 0. The summed E-state index contributed by atoms with van der Waals surface area (Å²) in [7, 11) is -1.23. The monoisotopic (exact) mass is 211 g/mol. The molecule has 0 radical (unpaired) electrons. The molecule has 0 aromatic heterocycles. The fourth-order valence-electron chi connectivity index (χ4n) is 0.508. The molecule has 0 amide bonds. The van der Waals surface area contributed by atoms with Crippen molar-refractivity contribution in [2.45, 2.75) is 0 Å². The van der Waals surface area contributed by atoms with Crippen LogP contribution in [0.25, 0.3) is 0 Å². The number of halogens is 1. The number of hydrogen-bond donors (Lipinski definition) is 0. The fraction of sp³-hybridized carbons (Fsp3) is 0.500. The van der Waals surface area contributed by atoms with Crippen LogP contribution in [0.3, 0.4) is 0 Å². The van der Waals surface area contributed by atoms with Gasteiger partial charge in [0.05, 0.1) is 7.11 Å². The first-order chi connectivity index (χ1) is 5.47. The van der Waals surface area contributed by atoms with Crippen LogP contribution in [-0.4, -0.2) is 38.2 Å². The van der Waals surface area contributed by atoms with Gasteiger partial charge in [-0.15, -0.1) is 0 Å². The van der Waals surface area contributed by atoms with Crippen LogP contribution in [0.1, 0.15) is 0 Å². The molecule has 0 saturated heterocycles. The number of aliphatic imine (C=N–C) groups is 1. The number of amidine groups is 2. The van der Waals surface area contributed by atoms with Crippen molar-refractivity contribution in [3.05, 3.63) is 0 Å². The zero-order valence-corrected chi connectivity index (χ0v) is 7.93. The van der Waals surface area contributed by atoms with E-state index in [2.05, 4.69) is 14.1 Å². The lowest BCUT2D eigenvalue weighted by Gasteiger charge is -2.17. The Morgan fingerprint density at radius 3 is 2.58 bits per heavy atom. The predicted molar refractivity (Wildman–Crippen MR) is 44.4 cm³/mol. The minimum Gasteiger partial charge on any atom is -0.466 e. The molecule has 12 heavy (non-hydrogen) atoms. The van der Waals surface area contributed by atoms with Gasteiger partial charge in [-0.3, -0.25) is 0 Å². The Bertz CT molecular complexity index is 347. The van der Waals surface area contributed by atoms with Gasteiger partial charge in [-0.2, -0.15) is 13.4 Å². The van der Waals surface area contributed by atoms with Crippen molar-refractivity contribution in [1.29, 1.82) is 0 Å². The summed E-state index contributed by atoms with van der Waals surface area (Å²) < 4.78 is 30.6. The Labute approximate surface area is 74.7 Å². The second-order valence-electron chi connectivity index (χ2n) is 1.90. The maximum Gasteiger partial charge on any atom is 0.350 e. The molecule has 0 N–H and O–H groups in total. The second-order valence-corrected chi connectivity index (χ2v) is 3.87.